The van der Waals surface area contributed by atoms with Crippen LogP contribution in [0.15, 0.2) is 34.0 Å². The summed E-state index contributed by atoms with van der Waals surface area (Å²) < 4.78 is 5.80. The number of nitrogens with one attached hydrogen (secondary N) is 1. The molecule has 0 aliphatic heterocycles. The second-order valence-electron chi connectivity index (χ2n) is 5.95. The van der Waals surface area contributed by atoms with Gasteiger partial charge in [0, 0.05) is 17.1 Å². The van der Waals surface area contributed by atoms with Crippen LogP contribution >= 0.6 is 11.6 Å². The molecule has 0 fully saturated rings. The van der Waals surface area contributed by atoms with Gasteiger partial charge in [-0.2, -0.15) is 9.78 Å². The van der Waals surface area contributed by atoms with Crippen molar-refractivity contribution < 1.29 is 9.42 Å². The average Bonchev–Trinajstić information content (AvgIpc) is 3.33. The van der Waals surface area contributed by atoms with Crippen LogP contribution in [0.25, 0.3) is 5.82 Å². The van der Waals surface area contributed by atoms with Crippen LogP contribution in [-0.4, -0.2) is 55.4 Å². The molecule has 2 aromatic heterocycles. The zero-order chi connectivity index (χ0) is 20.8. The van der Waals surface area contributed by atoms with Crippen LogP contribution in [0.5, 0.6) is 0 Å². The van der Waals surface area contributed by atoms with Crippen molar-refractivity contribution in [2.45, 2.75) is 20.4 Å². The van der Waals surface area contributed by atoms with E-state index in [4.69, 9.17) is 17.3 Å². The number of nitrogens with two attached hydrogens (primary N) is 1. The van der Waals surface area contributed by atoms with Crippen LogP contribution in [0.4, 0.5) is 5.82 Å². The Morgan fingerprint density at radius 1 is 1.34 bits per heavy atom. The number of rotatable bonds is 8. The number of hydrogen-bond donors (Lipinski definition) is 2. The lowest BCUT2D eigenvalue weighted by molar-refractivity contribution is 0.0945. The van der Waals surface area contributed by atoms with Gasteiger partial charge >= 0.3 is 0 Å². The van der Waals surface area contributed by atoms with Crippen molar-refractivity contribution in [1.82, 2.24) is 35.6 Å². The van der Waals surface area contributed by atoms with Crippen LogP contribution in [0, 0.1) is 0 Å². The first-order valence-electron chi connectivity index (χ1n) is 8.88. The molecular weight excluding hydrogens is 398 g/mol. The van der Waals surface area contributed by atoms with Crippen molar-refractivity contribution in [3.05, 3.63) is 46.2 Å². The molecule has 2 heterocycles. The highest BCUT2D eigenvalue weighted by Gasteiger charge is 2.25. The fourth-order valence-electron chi connectivity index (χ4n) is 2.59. The molecule has 0 radical (unpaired) electrons. The van der Waals surface area contributed by atoms with E-state index < -0.39 is 5.91 Å². The maximum absolute atomic E-state index is 12.9. The first-order valence-corrected chi connectivity index (χ1v) is 9.26. The quantitative estimate of drug-likeness (QED) is 0.415. The predicted octanol–water partition coefficient (Wildman–Crippen LogP) is 1.49. The number of halogens is 1. The molecule has 3 N–H and O–H groups in total. The molecule has 0 bridgehead atoms. The van der Waals surface area contributed by atoms with Gasteiger partial charge in [0.2, 0.25) is 11.6 Å². The van der Waals surface area contributed by atoms with Gasteiger partial charge in [-0.05, 0) is 29.5 Å². The Morgan fingerprint density at radius 3 is 2.76 bits per heavy atom. The molecule has 3 aromatic rings. The van der Waals surface area contributed by atoms with Crippen LogP contribution in [0.3, 0.4) is 0 Å². The topological polar surface area (TPSA) is 140 Å². The molecule has 29 heavy (non-hydrogen) atoms. The van der Waals surface area contributed by atoms with E-state index in [-0.39, 0.29) is 17.3 Å². The van der Waals surface area contributed by atoms with Crippen molar-refractivity contribution in [3.8, 4) is 5.82 Å². The number of carbonyl (C=O) groups excluding carboxylic acids is 1. The lowest BCUT2D eigenvalue weighted by Crippen LogP contribution is -2.27. The summed E-state index contributed by atoms with van der Waals surface area (Å²) in [6.07, 6.45) is 1.45. The fraction of sp³-hybridized carbons (Fsp3) is 0.294. The Balaban J connectivity index is 1.90. The third kappa shape index (κ3) is 4.58. The van der Waals surface area contributed by atoms with Crippen molar-refractivity contribution in [2.75, 3.05) is 18.8 Å². The molecule has 0 saturated heterocycles. The minimum Gasteiger partial charge on any atom is -0.378 e. The predicted molar refractivity (Wildman–Crippen MR) is 107 cm³/mol. The van der Waals surface area contributed by atoms with Crippen LogP contribution in [-0.2, 0) is 6.54 Å². The normalized spacial score (nSPS) is 11.4. The van der Waals surface area contributed by atoms with E-state index in [2.05, 4.69) is 40.7 Å². The number of aromatic nitrogens is 5. The van der Waals surface area contributed by atoms with Gasteiger partial charge in [0.15, 0.2) is 5.69 Å². The highest BCUT2D eigenvalue weighted by molar-refractivity contribution is 6.33. The standard InChI is InChI=1S/C17H20ClN9O2/c1-3-26(4-2)10-13-14(27(25-21-13)16-15(19)23-29-24-16)17(28)22-20-9-11-7-5-6-8-12(11)18/h5-9H,3-4,10H2,1-2H3,(H2,19,23)(H,22,28)/b20-9-. The van der Waals surface area contributed by atoms with Gasteiger partial charge in [0.25, 0.3) is 5.91 Å². The Bertz CT molecular complexity index is 1010. The van der Waals surface area contributed by atoms with E-state index in [1.807, 2.05) is 19.9 Å². The molecule has 12 heteroatoms. The number of hydrazone groups is 1. The van der Waals surface area contributed by atoms with E-state index in [0.29, 0.717) is 22.8 Å². The summed E-state index contributed by atoms with van der Waals surface area (Å²) in [7, 11) is 0. The molecule has 1 amide bonds. The minimum absolute atomic E-state index is 0.0158. The molecule has 1 aromatic carbocycles. The number of nitrogens with zero attached hydrogens (tertiary/aromatic N) is 7. The van der Waals surface area contributed by atoms with E-state index in [1.165, 1.54) is 10.9 Å². The molecule has 152 valence electrons. The number of amides is 1. The molecule has 0 spiro atoms. The second kappa shape index (κ2) is 9.26. The van der Waals surface area contributed by atoms with Gasteiger partial charge in [-0.1, -0.05) is 48.9 Å². The zero-order valence-electron chi connectivity index (χ0n) is 15.9. The van der Waals surface area contributed by atoms with Crippen molar-refractivity contribution in [2.24, 2.45) is 5.10 Å². The summed E-state index contributed by atoms with van der Waals surface area (Å²) in [5.41, 5.74) is 9.46. The monoisotopic (exact) mass is 417 g/mol. The summed E-state index contributed by atoms with van der Waals surface area (Å²) >= 11 is 6.09. The highest BCUT2D eigenvalue weighted by Crippen LogP contribution is 2.17. The minimum atomic E-state index is -0.539. The van der Waals surface area contributed by atoms with Gasteiger partial charge in [0.1, 0.15) is 5.69 Å². The molecule has 0 atom stereocenters. The first-order chi connectivity index (χ1) is 14.0. The molecular formula is C17H20ClN9O2. The second-order valence-corrected chi connectivity index (χ2v) is 6.36. The van der Waals surface area contributed by atoms with Gasteiger partial charge in [-0.25, -0.2) is 10.1 Å². The van der Waals surface area contributed by atoms with E-state index in [0.717, 1.165) is 13.1 Å². The van der Waals surface area contributed by atoms with Gasteiger partial charge in [0.05, 0.1) is 6.21 Å². The number of carbonyl (C=O) groups is 1. The fourth-order valence-corrected chi connectivity index (χ4v) is 2.77. The summed E-state index contributed by atoms with van der Waals surface area (Å²) in [6, 6.07) is 7.12. The molecule has 11 nitrogen and oxygen atoms in total. The summed E-state index contributed by atoms with van der Waals surface area (Å²) in [5, 5.41) is 19.9. The van der Waals surface area contributed by atoms with Gasteiger partial charge in [-0.3, -0.25) is 9.69 Å². The summed E-state index contributed by atoms with van der Waals surface area (Å²) in [6.45, 7) is 6.00. The molecule has 0 aliphatic carbocycles. The van der Waals surface area contributed by atoms with Crippen molar-refractivity contribution >= 4 is 29.5 Å². The Labute approximate surface area is 171 Å². The Kier molecular flexibility index (Phi) is 6.52. The highest BCUT2D eigenvalue weighted by atomic mass is 35.5. The molecule has 0 aliphatic rings. The number of anilines is 1. The van der Waals surface area contributed by atoms with Crippen LogP contribution in [0.2, 0.25) is 5.02 Å². The first kappa shape index (κ1) is 20.4. The van der Waals surface area contributed by atoms with Crippen LogP contribution < -0.4 is 11.2 Å². The Hall–Kier alpha value is -3.31. The third-order valence-corrected chi connectivity index (χ3v) is 4.54. The lowest BCUT2D eigenvalue weighted by atomic mass is 10.2. The molecule has 0 saturated carbocycles. The maximum atomic E-state index is 12.9. The third-order valence-electron chi connectivity index (χ3n) is 4.19. The van der Waals surface area contributed by atoms with Gasteiger partial charge < -0.3 is 5.73 Å². The van der Waals surface area contributed by atoms with E-state index in [1.54, 1.807) is 18.2 Å². The smallest absolute Gasteiger partial charge is 0.292 e. The summed E-state index contributed by atoms with van der Waals surface area (Å²) in [4.78, 5) is 15.0. The number of hydrogen-bond acceptors (Lipinski definition) is 9. The van der Waals surface area contributed by atoms with Crippen molar-refractivity contribution in [3.63, 3.8) is 0 Å². The number of benzene rings is 1. The van der Waals surface area contributed by atoms with Crippen LogP contribution in [0.1, 0.15) is 35.6 Å². The van der Waals surface area contributed by atoms with Gasteiger partial charge in [-0.15, -0.1) is 5.10 Å². The SMILES string of the molecule is CCN(CC)Cc1nnn(-c2nonc2N)c1C(=O)N/N=C\c1ccccc1Cl. The summed E-state index contributed by atoms with van der Waals surface area (Å²) in [5.74, 6) is -0.482. The van der Waals surface area contributed by atoms with E-state index in [9.17, 15) is 4.79 Å². The Morgan fingerprint density at radius 2 is 2.10 bits per heavy atom. The number of nitrogen functional groups attached to an aromatic ring is 1. The van der Waals surface area contributed by atoms with E-state index >= 15 is 0 Å². The molecule has 0 unspecified atom stereocenters. The average molecular weight is 418 g/mol. The lowest BCUT2D eigenvalue weighted by Gasteiger charge is -2.16. The molecule has 3 rings (SSSR count). The largest absolute Gasteiger partial charge is 0.378 e. The zero-order valence-corrected chi connectivity index (χ0v) is 16.7. The van der Waals surface area contributed by atoms with Crippen molar-refractivity contribution in [1.29, 1.82) is 0 Å². The maximum Gasteiger partial charge on any atom is 0.292 e.